The number of hydrogen-bond donors (Lipinski definition) is 1. The second-order valence-electron chi connectivity index (χ2n) is 5.22. The van der Waals surface area contributed by atoms with Gasteiger partial charge in [-0.1, -0.05) is 0 Å². The molecular weight excluding hydrogens is 313 g/mol. The minimum Gasteiger partial charge on any atom is -0.322 e. The predicted octanol–water partition coefficient (Wildman–Crippen LogP) is 3.84. The first-order chi connectivity index (χ1) is 11.4. The standard InChI is InChI=1S/C17H12FN3O3/c1-10-15(9-11-8-12(18)2-7-16(11)19-10)17(22)20-13-3-5-14(6-4-13)21(23)24/h2-9H,1H3,(H,20,22). The third-order valence-electron chi connectivity index (χ3n) is 3.55. The van der Waals surface area contributed by atoms with E-state index in [1.807, 2.05) is 0 Å². The molecule has 6 nitrogen and oxygen atoms in total. The highest BCUT2D eigenvalue weighted by atomic mass is 19.1. The fraction of sp³-hybridized carbons (Fsp3) is 0.0588. The van der Waals surface area contributed by atoms with Gasteiger partial charge in [0, 0.05) is 23.2 Å². The number of carbonyl (C=O) groups excluding carboxylic acids is 1. The Bertz CT molecular complexity index is 955. The van der Waals surface area contributed by atoms with E-state index < -0.39 is 16.6 Å². The van der Waals surface area contributed by atoms with Crippen molar-refractivity contribution in [2.75, 3.05) is 5.32 Å². The summed E-state index contributed by atoms with van der Waals surface area (Å²) >= 11 is 0. The van der Waals surface area contributed by atoms with Gasteiger partial charge in [0.25, 0.3) is 11.6 Å². The van der Waals surface area contributed by atoms with Gasteiger partial charge in [0.05, 0.1) is 21.7 Å². The number of nitrogens with zero attached hydrogens (tertiary/aromatic N) is 2. The van der Waals surface area contributed by atoms with Crippen molar-refractivity contribution >= 4 is 28.2 Å². The van der Waals surface area contributed by atoms with Gasteiger partial charge in [0.15, 0.2) is 0 Å². The van der Waals surface area contributed by atoms with E-state index >= 15 is 0 Å². The number of hydrogen-bond acceptors (Lipinski definition) is 4. The summed E-state index contributed by atoms with van der Waals surface area (Å²) in [6.45, 7) is 1.69. The minimum atomic E-state index is -0.516. The van der Waals surface area contributed by atoms with Gasteiger partial charge in [-0.2, -0.15) is 0 Å². The number of nitro benzene ring substituents is 1. The molecule has 1 N–H and O–H groups in total. The molecule has 0 saturated carbocycles. The van der Waals surface area contributed by atoms with E-state index in [0.29, 0.717) is 27.8 Å². The van der Waals surface area contributed by atoms with Gasteiger partial charge in [-0.3, -0.25) is 19.9 Å². The monoisotopic (exact) mass is 325 g/mol. The zero-order chi connectivity index (χ0) is 17.3. The molecule has 0 aliphatic carbocycles. The van der Waals surface area contributed by atoms with Gasteiger partial charge in [-0.15, -0.1) is 0 Å². The zero-order valence-electron chi connectivity index (χ0n) is 12.6. The number of carbonyl (C=O) groups is 1. The molecule has 0 spiro atoms. The maximum atomic E-state index is 13.3. The number of pyridine rings is 1. The van der Waals surface area contributed by atoms with Crippen LogP contribution in [-0.2, 0) is 0 Å². The number of halogens is 1. The number of nitrogens with one attached hydrogen (secondary N) is 1. The van der Waals surface area contributed by atoms with E-state index in [1.165, 1.54) is 36.4 Å². The molecule has 7 heteroatoms. The molecule has 24 heavy (non-hydrogen) atoms. The Balaban J connectivity index is 1.90. The molecule has 3 aromatic rings. The van der Waals surface area contributed by atoms with Crippen molar-refractivity contribution in [1.82, 2.24) is 4.98 Å². The summed E-state index contributed by atoms with van der Waals surface area (Å²) in [5, 5.41) is 13.8. The molecule has 1 aromatic heterocycles. The Morgan fingerprint density at radius 2 is 1.88 bits per heavy atom. The first-order valence-corrected chi connectivity index (χ1v) is 7.07. The number of nitro groups is 1. The highest BCUT2D eigenvalue weighted by molar-refractivity contribution is 6.06. The van der Waals surface area contributed by atoms with Crippen LogP contribution < -0.4 is 5.32 Å². The van der Waals surface area contributed by atoms with Gasteiger partial charge in [0.2, 0.25) is 0 Å². The summed E-state index contributed by atoms with van der Waals surface area (Å²) in [5.74, 6) is -0.824. The number of non-ortho nitro benzene ring substituents is 1. The SMILES string of the molecule is Cc1nc2ccc(F)cc2cc1C(=O)Nc1ccc([N+](=O)[O-])cc1. The lowest BCUT2D eigenvalue weighted by Crippen LogP contribution is -2.14. The summed E-state index contributed by atoms with van der Waals surface area (Å²) in [7, 11) is 0. The molecule has 0 radical (unpaired) electrons. The number of benzene rings is 2. The number of rotatable bonds is 3. The van der Waals surface area contributed by atoms with Gasteiger partial charge in [-0.05, 0) is 43.3 Å². The molecule has 3 rings (SSSR count). The number of amides is 1. The normalized spacial score (nSPS) is 10.6. The van der Waals surface area contributed by atoms with E-state index in [9.17, 15) is 19.3 Å². The van der Waals surface area contributed by atoms with Gasteiger partial charge < -0.3 is 5.32 Å². The van der Waals surface area contributed by atoms with Crippen molar-refractivity contribution < 1.29 is 14.1 Å². The van der Waals surface area contributed by atoms with E-state index in [4.69, 9.17) is 0 Å². The Morgan fingerprint density at radius 3 is 2.54 bits per heavy atom. The fourth-order valence-electron chi connectivity index (χ4n) is 2.34. The van der Waals surface area contributed by atoms with Crippen LogP contribution in [0.3, 0.4) is 0 Å². The average Bonchev–Trinajstić information content (AvgIpc) is 2.55. The molecule has 0 saturated heterocycles. The lowest BCUT2D eigenvalue weighted by molar-refractivity contribution is -0.384. The first-order valence-electron chi connectivity index (χ1n) is 7.07. The van der Waals surface area contributed by atoms with Gasteiger partial charge in [-0.25, -0.2) is 4.39 Å². The van der Waals surface area contributed by atoms with E-state index in [2.05, 4.69) is 10.3 Å². The van der Waals surface area contributed by atoms with E-state index in [-0.39, 0.29) is 5.69 Å². The fourth-order valence-corrected chi connectivity index (χ4v) is 2.34. The van der Waals surface area contributed by atoms with Crippen molar-refractivity contribution in [3.05, 3.63) is 75.7 Å². The molecule has 0 aliphatic rings. The van der Waals surface area contributed by atoms with Crippen molar-refractivity contribution in [2.24, 2.45) is 0 Å². The third-order valence-corrected chi connectivity index (χ3v) is 3.55. The summed E-state index contributed by atoms with van der Waals surface area (Å²) in [5.41, 5.74) is 1.78. The number of anilines is 1. The van der Waals surface area contributed by atoms with Crippen LogP contribution >= 0.6 is 0 Å². The van der Waals surface area contributed by atoms with Crippen LogP contribution in [0.4, 0.5) is 15.8 Å². The van der Waals surface area contributed by atoms with Crippen LogP contribution in [0.15, 0.2) is 48.5 Å². The van der Waals surface area contributed by atoms with Crippen molar-refractivity contribution in [3.63, 3.8) is 0 Å². The number of fused-ring (bicyclic) bond motifs is 1. The van der Waals surface area contributed by atoms with Crippen LogP contribution in [0.2, 0.25) is 0 Å². The molecule has 120 valence electrons. The Labute approximate surface area is 136 Å². The smallest absolute Gasteiger partial charge is 0.269 e. The molecule has 2 aromatic carbocycles. The third kappa shape index (κ3) is 3.05. The molecule has 0 unspecified atom stereocenters. The maximum Gasteiger partial charge on any atom is 0.269 e. The lowest BCUT2D eigenvalue weighted by atomic mass is 10.1. The molecular formula is C17H12FN3O3. The molecule has 0 bridgehead atoms. The Hall–Kier alpha value is -3.35. The molecule has 0 atom stereocenters. The maximum absolute atomic E-state index is 13.3. The van der Waals surface area contributed by atoms with Crippen molar-refractivity contribution in [3.8, 4) is 0 Å². The van der Waals surface area contributed by atoms with E-state index in [1.54, 1.807) is 19.1 Å². The summed E-state index contributed by atoms with van der Waals surface area (Å²) in [6, 6.07) is 11.2. The molecule has 1 amide bonds. The molecule has 0 fully saturated rings. The quantitative estimate of drug-likeness (QED) is 0.585. The number of aromatic nitrogens is 1. The van der Waals surface area contributed by atoms with Crippen molar-refractivity contribution in [1.29, 1.82) is 0 Å². The highest BCUT2D eigenvalue weighted by Crippen LogP contribution is 2.20. The van der Waals surface area contributed by atoms with Crippen molar-refractivity contribution in [2.45, 2.75) is 6.92 Å². The first kappa shape index (κ1) is 15.5. The van der Waals surface area contributed by atoms with Crippen LogP contribution in [0.1, 0.15) is 16.1 Å². The summed E-state index contributed by atoms with van der Waals surface area (Å²) < 4.78 is 13.3. The Kier molecular flexibility index (Phi) is 3.91. The Morgan fingerprint density at radius 1 is 1.17 bits per heavy atom. The highest BCUT2D eigenvalue weighted by Gasteiger charge is 2.13. The molecule has 1 heterocycles. The summed E-state index contributed by atoms with van der Waals surface area (Å²) in [6.07, 6.45) is 0. The lowest BCUT2D eigenvalue weighted by Gasteiger charge is -2.09. The largest absolute Gasteiger partial charge is 0.322 e. The van der Waals surface area contributed by atoms with E-state index in [0.717, 1.165) is 0 Å². The minimum absolute atomic E-state index is 0.0629. The topological polar surface area (TPSA) is 85.1 Å². The van der Waals surface area contributed by atoms with Crippen LogP contribution in [0, 0.1) is 22.9 Å². The summed E-state index contributed by atoms with van der Waals surface area (Å²) in [4.78, 5) is 26.8. The predicted molar refractivity (Wildman–Crippen MR) is 87.5 cm³/mol. The van der Waals surface area contributed by atoms with Gasteiger partial charge in [0.1, 0.15) is 5.82 Å². The van der Waals surface area contributed by atoms with Crippen LogP contribution in [0.25, 0.3) is 10.9 Å². The number of aryl methyl sites for hydroxylation is 1. The average molecular weight is 325 g/mol. The second-order valence-corrected chi connectivity index (χ2v) is 5.22. The van der Waals surface area contributed by atoms with Crippen LogP contribution in [-0.4, -0.2) is 15.8 Å². The second kappa shape index (κ2) is 6.04. The zero-order valence-corrected chi connectivity index (χ0v) is 12.6. The van der Waals surface area contributed by atoms with Gasteiger partial charge >= 0.3 is 0 Å². The van der Waals surface area contributed by atoms with Crippen LogP contribution in [0.5, 0.6) is 0 Å². The molecule has 0 aliphatic heterocycles.